The molecule has 2 aliphatic rings. The first-order valence-electron chi connectivity index (χ1n) is 10.4. The molecule has 13 heteroatoms. The van der Waals surface area contributed by atoms with Crippen molar-refractivity contribution < 1.29 is 42.9 Å². The Balaban J connectivity index is 2.13. The molecular formula is C22H20BrN3O9. The Bertz CT molecular complexity index is 1170. The average molecular weight is 550 g/mol. The Labute approximate surface area is 207 Å². The summed E-state index contributed by atoms with van der Waals surface area (Å²) in [6.07, 6.45) is -3.07. The molecule has 35 heavy (non-hydrogen) atoms. The van der Waals surface area contributed by atoms with E-state index in [1.807, 2.05) is 0 Å². The fourth-order valence-corrected chi connectivity index (χ4v) is 4.41. The van der Waals surface area contributed by atoms with Crippen LogP contribution in [0, 0.1) is 0 Å². The highest BCUT2D eigenvalue weighted by Crippen LogP contribution is 2.43. The van der Waals surface area contributed by atoms with Gasteiger partial charge < -0.3 is 18.9 Å². The van der Waals surface area contributed by atoms with Gasteiger partial charge in [-0.05, 0) is 27.5 Å². The monoisotopic (exact) mass is 549 g/mol. The van der Waals surface area contributed by atoms with Gasteiger partial charge in [-0.1, -0.05) is 11.2 Å². The van der Waals surface area contributed by atoms with Gasteiger partial charge in [-0.25, -0.2) is 0 Å². The van der Waals surface area contributed by atoms with Crippen molar-refractivity contribution in [3.63, 3.8) is 0 Å². The molecule has 4 atom stereocenters. The van der Waals surface area contributed by atoms with Crippen LogP contribution in [-0.4, -0.2) is 54.3 Å². The molecule has 0 radical (unpaired) electrons. The maximum atomic E-state index is 12.8. The van der Waals surface area contributed by atoms with Crippen LogP contribution in [0.3, 0.4) is 0 Å². The normalized spacial score (nSPS) is 23.4. The molecule has 12 nitrogen and oxygen atoms in total. The lowest BCUT2D eigenvalue weighted by Gasteiger charge is -2.40. The molecule has 184 valence electrons. The lowest BCUT2D eigenvalue weighted by Crippen LogP contribution is -2.51. The molecule has 1 aliphatic heterocycles. The second-order valence-electron chi connectivity index (χ2n) is 7.72. The molecule has 0 N–H and O–H groups in total. The number of hydrogen-bond donors (Lipinski definition) is 0. The molecule has 1 aromatic rings. The number of allylic oxidation sites excluding steroid dienone is 2. The maximum Gasteiger partial charge on any atom is 0.308 e. The van der Waals surface area contributed by atoms with Crippen LogP contribution in [0.4, 0.5) is 0 Å². The number of hydrogen-bond acceptors (Lipinski definition) is 10. The van der Waals surface area contributed by atoms with Crippen molar-refractivity contribution >= 4 is 45.4 Å². The van der Waals surface area contributed by atoms with E-state index in [0.29, 0.717) is 0 Å². The summed E-state index contributed by atoms with van der Waals surface area (Å²) >= 11 is 3.05. The van der Waals surface area contributed by atoms with Crippen LogP contribution >= 0.6 is 15.9 Å². The third-order valence-corrected chi connectivity index (χ3v) is 5.80. The minimum atomic E-state index is -1.09. The number of ether oxygens (including phenoxy) is 4. The molecule has 0 unspecified atom stereocenters. The molecule has 1 saturated heterocycles. The number of benzene rings is 1. The summed E-state index contributed by atoms with van der Waals surface area (Å²) in [5, 5.41) is 3.49. The number of azide groups is 1. The first-order chi connectivity index (χ1) is 16.5. The van der Waals surface area contributed by atoms with E-state index < -0.39 is 53.9 Å². The average Bonchev–Trinajstić information content (AvgIpc) is 2.76. The van der Waals surface area contributed by atoms with Crippen molar-refractivity contribution in [1.82, 2.24) is 0 Å². The van der Waals surface area contributed by atoms with Gasteiger partial charge in [-0.3, -0.25) is 24.0 Å². The zero-order valence-electron chi connectivity index (χ0n) is 18.8. The molecule has 1 heterocycles. The number of ketones is 2. The summed E-state index contributed by atoms with van der Waals surface area (Å²) in [4.78, 5) is 63.4. The fraction of sp³-hybridized carbons (Fsp3) is 0.409. The van der Waals surface area contributed by atoms with Crippen LogP contribution in [0.5, 0.6) is 5.75 Å². The van der Waals surface area contributed by atoms with Crippen molar-refractivity contribution in [2.75, 3.05) is 6.54 Å². The van der Waals surface area contributed by atoms with Gasteiger partial charge in [0.05, 0.1) is 22.7 Å². The Hall–Kier alpha value is -3.54. The lowest BCUT2D eigenvalue weighted by molar-refractivity contribution is -0.206. The van der Waals surface area contributed by atoms with Crippen LogP contribution in [0.1, 0.15) is 59.6 Å². The highest BCUT2D eigenvalue weighted by atomic mass is 79.9. The summed E-state index contributed by atoms with van der Waals surface area (Å²) in [5.74, 6) is -3.29. The van der Waals surface area contributed by atoms with Crippen molar-refractivity contribution in [2.24, 2.45) is 5.11 Å². The first kappa shape index (κ1) is 26.1. The third-order valence-electron chi connectivity index (χ3n) is 5.21. The van der Waals surface area contributed by atoms with E-state index in [4.69, 9.17) is 24.5 Å². The van der Waals surface area contributed by atoms with Crippen LogP contribution in [0.25, 0.3) is 10.4 Å². The zero-order valence-corrected chi connectivity index (χ0v) is 20.4. The second-order valence-corrected chi connectivity index (χ2v) is 8.57. The Morgan fingerprint density at radius 1 is 1.14 bits per heavy atom. The molecule has 1 aromatic carbocycles. The number of Topliss-reactive ketones (excluding diaryl/α,β-unsaturated/α-hetero) is 1. The van der Waals surface area contributed by atoms with E-state index >= 15 is 0 Å². The molecular weight excluding hydrogens is 530 g/mol. The maximum absolute atomic E-state index is 12.8. The Kier molecular flexibility index (Phi) is 8.05. The number of carbonyl (C=O) groups is 5. The third kappa shape index (κ3) is 5.76. The fourth-order valence-electron chi connectivity index (χ4n) is 3.99. The Morgan fingerprint density at radius 2 is 1.83 bits per heavy atom. The number of nitrogens with zero attached hydrogens (tertiary/aromatic N) is 3. The molecule has 1 aliphatic carbocycles. The van der Waals surface area contributed by atoms with E-state index in [1.54, 1.807) is 0 Å². The summed E-state index contributed by atoms with van der Waals surface area (Å²) in [5.41, 5.74) is 8.91. The molecule has 0 spiro atoms. The topological polar surface area (TPSA) is 171 Å². The van der Waals surface area contributed by atoms with Crippen molar-refractivity contribution in [3.05, 3.63) is 49.8 Å². The number of carbonyl (C=O) groups excluding carboxylic acids is 5. The lowest BCUT2D eigenvalue weighted by atomic mass is 9.87. The predicted octanol–water partition coefficient (Wildman–Crippen LogP) is 3.27. The van der Waals surface area contributed by atoms with E-state index in [0.717, 1.165) is 19.9 Å². The summed E-state index contributed by atoms with van der Waals surface area (Å²) in [6.45, 7) is 3.20. The second kappa shape index (κ2) is 10.8. The number of halogens is 1. The van der Waals surface area contributed by atoms with Crippen LogP contribution in [0.15, 0.2) is 27.8 Å². The quantitative estimate of drug-likeness (QED) is 0.169. The van der Waals surface area contributed by atoms with E-state index in [1.165, 1.54) is 19.1 Å². The minimum Gasteiger partial charge on any atom is -0.458 e. The molecule has 1 fully saturated rings. The summed E-state index contributed by atoms with van der Waals surface area (Å²) < 4.78 is 22.2. The standard InChI is InChI=1S/C22H20BrN3O9/c1-9(27)32-17-7-16(35-18(8-25-26-24)22(17)34-11(3)29)12-4-5-13-19(21(12)33-10(2)28)15(30)6-14(23)20(13)31/h4-6,16-18,22H,7-8H2,1-3H3/t16-,17-,18-,22+/m1/s1. The van der Waals surface area contributed by atoms with Gasteiger partial charge in [0.2, 0.25) is 5.78 Å². The molecule has 0 amide bonds. The van der Waals surface area contributed by atoms with Gasteiger partial charge >= 0.3 is 17.9 Å². The molecule has 3 rings (SSSR count). The SMILES string of the molecule is CC(=O)Oc1c([C@H]2C[C@@H](OC(C)=O)[C@H](OC(C)=O)[C@@H](CN=[N+]=[N-])O2)ccc2c1C(=O)C=C(Br)C2=O. The Morgan fingerprint density at radius 3 is 2.43 bits per heavy atom. The van der Waals surface area contributed by atoms with Crippen molar-refractivity contribution in [2.45, 2.75) is 51.6 Å². The largest absolute Gasteiger partial charge is 0.458 e. The van der Waals surface area contributed by atoms with Gasteiger partial charge in [0, 0.05) is 49.3 Å². The van der Waals surface area contributed by atoms with Crippen LogP contribution < -0.4 is 4.74 Å². The highest BCUT2D eigenvalue weighted by molar-refractivity contribution is 9.12. The highest BCUT2D eigenvalue weighted by Gasteiger charge is 2.44. The minimum absolute atomic E-state index is 0.0279. The first-order valence-corrected chi connectivity index (χ1v) is 11.1. The zero-order chi connectivity index (χ0) is 25.9. The van der Waals surface area contributed by atoms with E-state index in [-0.39, 0.29) is 39.9 Å². The number of esters is 3. The molecule has 0 aromatic heterocycles. The molecule has 0 bridgehead atoms. The van der Waals surface area contributed by atoms with Gasteiger partial charge in [-0.2, -0.15) is 0 Å². The van der Waals surface area contributed by atoms with Crippen LogP contribution in [-0.2, 0) is 28.6 Å². The van der Waals surface area contributed by atoms with Gasteiger partial charge in [-0.15, -0.1) is 0 Å². The molecule has 0 saturated carbocycles. The summed E-state index contributed by atoms with van der Waals surface area (Å²) in [6, 6.07) is 2.86. The van der Waals surface area contributed by atoms with Crippen molar-refractivity contribution in [3.8, 4) is 5.75 Å². The van der Waals surface area contributed by atoms with Gasteiger partial charge in [0.25, 0.3) is 0 Å². The predicted molar refractivity (Wildman–Crippen MR) is 121 cm³/mol. The van der Waals surface area contributed by atoms with Gasteiger partial charge in [0.1, 0.15) is 18.0 Å². The van der Waals surface area contributed by atoms with E-state index in [2.05, 4.69) is 26.0 Å². The summed E-state index contributed by atoms with van der Waals surface area (Å²) in [7, 11) is 0. The number of fused-ring (bicyclic) bond motifs is 1. The smallest absolute Gasteiger partial charge is 0.308 e. The van der Waals surface area contributed by atoms with Crippen molar-refractivity contribution in [1.29, 1.82) is 0 Å². The number of rotatable bonds is 6. The van der Waals surface area contributed by atoms with Gasteiger partial charge in [0.15, 0.2) is 11.9 Å². The van der Waals surface area contributed by atoms with Crippen LogP contribution in [0.2, 0.25) is 0 Å². The van der Waals surface area contributed by atoms with E-state index in [9.17, 15) is 24.0 Å².